The summed E-state index contributed by atoms with van der Waals surface area (Å²) >= 11 is 0. The van der Waals surface area contributed by atoms with E-state index < -0.39 is 0 Å². The summed E-state index contributed by atoms with van der Waals surface area (Å²) in [6.45, 7) is 2.99. The third-order valence-electron chi connectivity index (χ3n) is 6.20. The maximum atomic E-state index is 12.9. The molecular formula is C21H25N3O5. The molecule has 1 unspecified atom stereocenters. The first-order valence-electron chi connectivity index (χ1n) is 10.5. The number of ether oxygens (including phenoxy) is 2. The SMILES string of the molecule is O=C(CCCN1COc2cc3c(cc2C1=O)OC1CCCN1C3=O)N1CCCC1. The Bertz CT molecular complexity index is 864. The Morgan fingerprint density at radius 1 is 1.00 bits per heavy atom. The van der Waals surface area contributed by atoms with E-state index in [0.29, 0.717) is 48.6 Å². The molecule has 1 aromatic carbocycles. The number of nitrogens with zero attached hydrogens (tertiary/aromatic N) is 3. The van der Waals surface area contributed by atoms with Crippen molar-refractivity contribution in [1.82, 2.24) is 14.7 Å². The van der Waals surface area contributed by atoms with Crippen molar-refractivity contribution in [3.63, 3.8) is 0 Å². The van der Waals surface area contributed by atoms with Crippen molar-refractivity contribution in [2.75, 3.05) is 32.9 Å². The Balaban J connectivity index is 1.27. The molecule has 154 valence electrons. The number of carbonyl (C=O) groups excluding carboxylic acids is 3. The predicted octanol–water partition coefficient (Wildman–Crippen LogP) is 1.84. The Labute approximate surface area is 169 Å². The van der Waals surface area contributed by atoms with Crippen molar-refractivity contribution < 1.29 is 23.9 Å². The molecule has 0 spiro atoms. The number of amides is 3. The molecule has 0 saturated carbocycles. The van der Waals surface area contributed by atoms with Crippen molar-refractivity contribution in [3.8, 4) is 11.5 Å². The van der Waals surface area contributed by atoms with Crippen LogP contribution in [0.1, 0.15) is 59.2 Å². The van der Waals surface area contributed by atoms with Gasteiger partial charge in [0, 0.05) is 39.0 Å². The molecule has 8 nitrogen and oxygen atoms in total. The van der Waals surface area contributed by atoms with Crippen LogP contribution in [0.4, 0.5) is 0 Å². The van der Waals surface area contributed by atoms with Crippen molar-refractivity contribution in [1.29, 1.82) is 0 Å². The summed E-state index contributed by atoms with van der Waals surface area (Å²) < 4.78 is 11.7. The molecule has 4 heterocycles. The fourth-order valence-corrected chi connectivity index (χ4v) is 4.59. The van der Waals surface area contributed by atoms with E-state index in [1.165, 1.54) is 0 Å². The highest BCUT2D eigenvalue weighted by Gasteiger charge is 2.39. The van der Waals surface area contributed by atoms with Crippen LogP contribution in [-0.2, 0) is 4.79 Å². The van der Waals surface area contributed by atoms with E-state index in [2.05, 4.69) is 0 Å². The zero-order valence-electron chi connectivity index (χ0n) is 16.4. The summed E-state index contributed by atoms with van der Waals surface area (Å²) in [5.41, 5.74) is 0.875. The van der Waals surface area contributed by atoms with E-state index in [9.17, 15) is 14.4 Å². The minimum absolute atomic E-state index is 0.0598. The standard InChI is InChI=1S/C21H25N3O5/c25-18(22-7-1-2-8-22)5-3-9-23-13-28-16-11-15-17(12-14(16)20(23)26)29-19-6-4-10-24(19)21(15)27/h11-12,19H,1-10,13H2. The lowest BCUT2D eigenvalue weighted by Gasteiger charge is -2.34. The van der Waals surface area contributed by atoms with Crippen molar-refractivity contribution >= 4 is 17.7 Å². The summed E-state index contributed by atoms with van der Waals surface area (Å²) in [6.07, 6.45) is 4.70. The lowest BCUT2D eigenvalue weighted by molar-refractivity contribution is -0.130. The van der Waals surface area contributed by atoms with Gasteiger partial charge in [-0.1, -0.05) is 0 Å². The van der Waals surface area contributed by atoms with Crippen LogP contribution < -0.4 is 9.47 Å². The Hall–Kier alpha value is -2.77. The van der Waals surface area contributed by atoms with Gasteiger partial charge in [0.05, 0.1) is 11.1 Å². The topological polar surface area (TPSA) is 79.4 Å². The van der Waals surface area contributed by atoms with Crippen LogP contribution in [0.25, 0.3) is 0 Å². The van der Waals surface area contributed by atoms with Gasteiger partial charge in [-0.15, -0.1) is 0 Å². The van der Waals surface area contributed by atoms with Gasteiger partial charge in [0.15, 0.2) is 13.0 Å². The first-order chi connectivity index (χ1) is 14.1. The minimum atomic E-state index is -0.236. The molecule has 3 amide bonds. The second-order valence-electron chi connectivity index (χ2n) is 8.09. The number of benzene rings is 1. The number of likely N-dealkylation sites (tertiary alicyclic amines) is 1. The van der Waals surface area contributed by atoms with E-state index in [0.717, 1.165) is 38.8 Å². The Morgan fingerprint density at radius 3 is 2.59 bits per heavy atom. The molecule has 4 aliphatic rings. The largest absolute Gasteiger partial charge is 0.472 e. The van der Waals surface area contributed by atoms with Crippen LogP contribution in [0, 0.1) is 0 Å². The van der Waals surface area contributed by atoms with Gasteiger partial charge in [-0.2, -0.15) is 0 Å². The lowest BCUT2D eigenvalue weighted by atomic mass is 10.0. The van der Waals surface area contributed by atoms with E-state index in [1.54, 1.807) is 21.9 Å². The fraction of sp³-hybridized carbons (Fsp3) is 0.571. The van der Waals surface area contributed by atoms with Crippen LogP contribution in [0.2, 0.25) is 0 Å². The van der Waals surface area contributed by atoms with Crippen LogP contribution in [-0.4, -0.2) is 71.6 Å². The molecule has 8 heteroatoms. The Kier molecular flexibility index (Phi) is 4.56. The highest BCUT2D eigenvalue weighted by molar-refractivity contribution is 6.03. The molecule has 0 radical (unpaired) electrons. The second kappa shape index (κ2) is 7.24. The molecule has 0 aromatic heterocycles. The fourth-order valence-electron chi connectivity index (χ4n) is 4.59. The van der Waals surface area contributed by atoms with Crippen molar-refractivity contribution in [3.05, 3.63) is 23.3 Å². The quantitative estimate of drug-likeness (QED) is 0.772. The van der Waals surface area contributed by atoms with Crippen LogP contribution in [0.15, 0.2) is 12.1 Å². The smallest absolute Gasteiger partial charge is 0.260 e. The normalized spacial score (nSPS) is 22.8. The van der Waals surface area contributed by atoms with E-state index >= 15 is 0 Å². The molecular weight excluding hydrogens is 374 g/mol. The number of fused-ring (bicyclic) bond motifs is 3. The number of carbonyl (C=O) groups is 3. The summed E-state index contributed by atoms with van der Waals surface area (Å²) in [5, 5.41) is 0. The molecule has 2 fully saturated rings. The van der Waals surface area contributed by atoms with Gasteiger partial charge in [0.1, 0.15) is 11.5 Å². The summed E-state index contributed by atoms with van der Waals surface area (Å²) in [6, 6.07) is 3.27. The number of hydrogen-bond acceptors (Lipinski definition) is 5. The first-order valence-corrected chi connectivity index (χ1v) is 10.5. The third kappa shape index (κ3) is 3.20. The maximum Gasteiger partial charge on any atom is 0.260 e. The summed E-state index contributed by atoms with van der Waals surface area (Å²) in [4.78, 5) is 43.1. The molecule has 0 bridgehead atoms. The molecule has 1 aromatic rings. The summed E-state index contributed by atoms with van der Waals surface area (Å²) in [5.74, 6) is 0.839. The predicted molar refractivity (Wildman–Crippen MR) is 103 cm³/mol. The van der Waals surface area contributed by atoms with Gasteiger partial charge < -0.3 is 24.2 Å². The Morgan fingerprint density at radius 2 is 1.76 bits per heavy atom. The molecule has 1 atom stereocenters. The summed E-state index contributed by atoms with van der Waals surface area (Å²) in [7, 11) is 0. The average molecular weight is 399 g/mol. The van der Waals surface area contributed by atoms with Crippen LogP contribution >= 0.6 is 0 Å². The lowest BCUT2D eigenvalue weighted by Crippen LogP contribution is -2.44. The van der Waals surface area contributed by atoms with Crippen LogP contribution in [0.3, 0.4) is 0 Å². The van der Waals surface area contributed by atoms with Gasteiger partial charge in [-0.05, 0) is 37.8 Å². The second-order valence-corrected chi connectivity index (χ2v) is 8.09. The monoisotopic (exact) mass is 399 g/mol. The number of hydrogen-bond donors (Lipinski definition) is 0. The van der Waals surface area contributed by atoms with Gasteiger partial charge in [0.25, 0.3) is 11.8 Å². The zero-order valence-corrected chi connectivity index (χ0v) is 16.4. The molecule has 2 saturated heterocycles. The molecule has 29 heavy (non-hydrogen) atoms. The van der Waals surface area contributed by atoms with Gasteiger partial charge in [-0.3, -0.25) is 14.4 Å². The molecule has 0 N–H and O–H groups in total. The van der Waals surface area contributed by atoms with Gasteiger partial charge >= 0.3 is 0 Å². The highest BCUT2D eigenvalue weighted by atomic mass is 16.5. The zero-order chi connectivity index (χ0) is 20.0. The molecule has 4 aliphatic heterocycles. The van der Waals surface area contributed by atoms with Gasteiger partial charge in [-0.25, -0.2) is 0 Å². The van der Waals surface area contributed by atoms with E-state index in [4.69, 9.17) is 9.47 Å². The third-order valence-corrected chi connectivity index (χ3v) is 6.20. The van der Waals surface area contributed by atoms with Crippen molar-refractivity contribution in [2.24, 2.45) is 0 Å². The first kappa shape index (κ1) is 18.3. The van der Waals surface area contributed by atoms with Crippen LogP contribution in [0.5, 0.6) is 11.5 Å². The number of rotatable bonds is 4. The minimum Gasteiger partial charge on any atom is -0.472 e. The van der Waals surface area contributed by atoms with E-state index in [-0.39, 0.29) is 30.7 Å². The molecule has 5 rings (SSSR count). The maximum absolute atomic E-state index is 12.9. The van der Waals surface area contributed by atoms with E-state index in [1.807, 2.05) is 4.90 Å². The van der Waals surface area contributed by atoms with Gasteiger partial charge in [0.2, 0.25) is 5.91 Å². The average Bonchev–Trinajstić information content (AvgIpc) is 3.41. The highest BCUT2D eigenvalue weighted by Crippen LogP contribution is 2.38. The molecule has 0 aliphatic carbocycles. The van der Waals surface area contributed by atoms with Crippen molar-refractivity contribution in [2.45, 2.75) is 44.8 Å².